The van der Waals surface area contributed by atoms with Gasteiger partial charge in [-0.05, 0) is 63.6 Å². The number of ketones is 1. The summed E-state index contributed by atoms with van der Waals surface area (Å²) >= 11 is 0. The van der Waals surface area contributed by atoms with Gasteiger partial charge in [-0.25, -0.2) is 0 Å². The molecule has 1 aromatic carbocycles. The molecule has 5 rings (SSSR count). The van der Waals surface area contributed by atoms with Crippen molar-refractivity contribution in [2.24, 2.45) is 11.1 Å². The number of rotatable bonds is 2. The van der Waals surface area contributed by atoms with Crippen molar-refractivity contribution >= 4 is 28.5 Å². The molecule has 9 heteroatoms. The summed E-state index contributed by atoms with van der Waals surface area (Å²) in [7, 11) is 0. The first-order chi connectivity index (χ1) is 15.6. The van der Waals surface area contributed by atoms with E-state index in [1.54, 1.807) is 18.2 Å². The number of piperidine rings is 1. The molecule has 3 aromatic rings. The molecule has 2 amide bonds. The highest BCUT2D eigenvalue weighted by atomic mass is 16.2. The average Bonchev–Trinajstić information content (AvgIpc) is 3.37. The minimum Gasteiger partial charge on any atom is -0.364 e. The van der Waals surface area contributed by atoms with Crippen LogP contribution in [-0.4, -0.2) is 55.6 Å². The number of fused-ring (bicyclic) bond motifs is 2. The van der Waals surface area contributed by atoms with Crippen molar-refractivity contribution in [3.8, 4) is 0 Å². The molecule has 172 valence electrons. The van der Waals surface area contributed by atoms with Crippen LogP contribution < -0.4 is 5.73 Å². The summed E-state index contributed by atoms with van der Waals surface area (Å²) in [5.74, 6) is -0.570. The zero-order chi connectivity index (χ0) is 23.5. The second-order valence-corrected chi connectivity index (χ2v) is 10.4. The van der Waals surface area contributed by atoms with Crippen LogP contribution in [0.25, 0.3) is 10.9 Å². The molecule has 3 N–H and O–H groups in total. The summed E-state index contributed by atoms with van der Waals surface area (Å²) in [4.78, 5) is 39.4. The highest BCUT2D eigenvalue weighted by Gasteiger charge is 2.43. The van der Waals surface area contributed by atoms with Crippen molar-refractivity contribution < 1.29 is 14.4 Å². The van der Waals surface area contributed by atoms with Gasteiger partial charge in [0.2, 0.25) is 0 Å². The van der Waals surface area contributed by atoms with Gasteiger partial charge in [0.15, 0.2) is 11.5 Å². The number of nitrogens with one attached hydrogen (secondary N) is 1. The summed E-state index contributed by atoms with van der Waals surface area (Å²) in [6.45, 7) is 7.42. The van der Waals surface area contributed by atoms with Gasteiger partial charge in [0.25, 0.3) is 11.8 Å². The van der Waals surface area contributed by atoms with Gasteiger partial charge in [0.05, 0.1) is 11.1 Å². The smallest absolute Gasteiger partial charge is 0.269 e. The molecule has 3 heterocycles. The number of carbonyl (C=O) groups is 3. The number of primary amides is 1. The Bertz CT molecular complexity index is 1290. The fourth-order valence-corrected chi connectivity index (χ4v) is 5.07. The predicted molar refractivity (Wildman–Crippen MR) is 122 cm³/mol. The van der Waals surface area contributed by atoms with Gasteiger partial charge in [-0.1, -0.05) is 0 Å². The highest BCUT2D eigenvalue weighted by Crippen LogP contribution is 2.43. The lowest BCUT2D eigenvalue weighted by molar-refractivity contribution is 0.0519. The average molecular weight is 449 g/mol. The summed E-state index contributed by atoms with van der Waals surface area (Å²) in [6.07, 6.45) is 4.89. The Morgan fingerprint density at radius 3 is 2.55 bits per heavy atom. The van der Waals surface area contributed by atoms with Gasteiger partial charge < -0.3 is 10.6 Å². The first-order valence-electron chi connectivity index (χ1n) is 11.3. The second-order valence-electron chi connectivity index (χ2n) is 10.4. The zero-order valence-electron chi connectivity index (χ0n) is 19.1. The lowest BCUT2D eigenvalue weighted by Crippen LogP contribution is -2.46. The van der Waals surface area contributed by atoms with Crippen LogP contribution in [0.2, 0.25) is 0 Å². The molecule has 0 atom stereocenters. The minimum absolute atomic E-state index is 0.0645. The number of aromatic nitrogens is 4. The van der Waals surface area contributed by atoms with E-state index in [-0.39, 0.29) is 28.3 Å². The van der Waals surface area contributed by atoms with Crippen LogP contribution in [0.3, 0.4) is 0 Å². The molecule has 9 nitrogen and oxygen atoms in total. The third-order valence-electron chi connectivity index (χ3n) is 7.00. The number of likely N-dealkylation sites (tertiary alicyclic amines) is 1. The molecule has 0 saturated carbocycles. The summed E-state index contributed by atoms with van der Waals surface area (Å²) in [6, 6.07) is 5.11. The van der Waals surface area contributed by atoms with E-state index >= 15 is 0 Å². The summed E-state index contributed by atoms with van der Waals surface area (Å²) in [5.41, 5.74) is 7.99. The molecule has 1 aliphatic carbocycles. The third kappa shape index (κ3) is 3.61. The van der Waals surface area contributed by atoms with Gasteiger partial charge in [-0.2, -0.15) is 10.2 Å². The predicted octanol–water partition coefficient (Wildman–Crippen LogP) is 2.66. The zero-order valence-corrected chi connectivity index (χ0v) is 19.1. The first kappa shape index (κ1) is 21.4. The second kappa shape index (κ2) is 7.26. The van der Waals surface area contributed by atoms with E-state index in [0.29, 0.717) is 41.7 Å². The molecule has 0 unspecified atom stereocenters. The van der Waals surface area contributed by atoms with Gasteiger partial charge in [0.1, 0.15) is 5.69 Å². The fraction of sp³-hybridized carbons (Fsp3) is 0.458. The number of carbonyl (C=O) groups excluding carboxylic acids is 3. The van der Waals surface area contributed by atoms with Crippen LogP contribution in [0.5, 0.6) is 0 Å². The molecule has 1 fully saturated rings. The number of benzene rings is 1. The van der Waals surface area contributed by atoms with E-state index in [9.17, 15) is 14.4 Å². The number of hydrogen-bond donors (Lipinski definition) is 2. The van der Waals surface area contributed by atoms with Crippen LogP contribution in [0, 0.1) is 5.41 Å². The number of nitrogens with two attached hydrogens (primary N) is 1. The summed E-state index contributed by atoms with van der Waals surface area (Å²) in [5, 5.41) is 11.9. The summed E-state index contributed by atoms with van der Waals surface area (Å²) < 4.78 is 1.89. The van der Waals surface area contributed by atoms with Crippen molar-refractivity contribution in [1.82, 2.24) is 24.9 Å². The third-order valence-corrected chi connectivity index (χ3v) is 7.00. The van der Waals surface area contributed by atoms with Crippen molar-refractivity contribution in [3.63, 3.8) is 0 Å². The topological polar surface area (TPSA) is 127 Å². The van der Waals surface area contributed by atoms with E-state index in [1.165, 1.54) is 0 Å². The van der Waals surface area contributed by atoms with Crippen LogP contribution in [0.1, 0.15) is 76.9 Å². The Hall–Kier alpha value is -3.49. The number of aromatic amines is 1. The van der Waals surface area contributed by atoms with Crippen molar-refractivity contribution in [1.29, 1.82) is 0 Å². The van der Waals surface area contributed by atoms with E-state index in [4.69, 9.17) is 5.73 Å². The van der Waals surface area contributed by atoms with E-state index in [1.807, 2.05) is 15.8 Å². The monoisotopic (exact) mass is 448 g/mol. The number of amides is 2. The van der Waals surface area contributed by atoms with Crippen LogP contribution in [0.15, 0.2) is 24.4 Å². The van der Waals surface area contributed by atoms with Gasteiger partial charge in [-0.15, -0.1) is 0 Å². The van der Waals surface area contributed by atoms with E-state index in [0.717, 1.165) is 24.8 Å². The van der Waals surface area contributed by atoms with Crippen molar-refractivity contribution in [3.05, 3.63) is 46.9 Å². The molecular weight excluding hydrogens is 420 g/mol. The fourth-order valence-electron chi connectivity index (χ4n) is 5.07. The maximum Gasteiger partial charge on any atom is 0.269 e. The molecular formula is C24H28N6O3. The first-order valence-corrected chi connectivity index (χ1v) is 11.3. The maximum absolute atomic E-state index is 13.2. The quantitative estimate of drug-likeness (QED) is 0.623. The van der Waals surface area contributed by atoms with E-state index < -0.39 is 5.91 Å². The van der Waals surface area contributed by atoms with Crippen molar-refractivity contribution in [2.45, 2.75) is 52.0 Å². The maximum atomic E-state index is 13.2. The SMILES string of the molecule is CC(C)(C)n1cc2c(n1)C(=O)CC1(CCN(C(=O)c3ccc4c(C(N)=O)n[nH]c4c3)CC1)C2. The molecule has 0 radical (unpaired) electrons. The van der Waals surface area contributed by atoms with Gasteiger partial charge in [-0.3, -0.25) is 24.2 Å². The van der Waals surface area contributed by atoms with Crippen LogP contribution in [-0.2, 0) is 12.0 Å². The Labute approximate surface area is 191 Å². The molecule has 1 aliphatic heterocycles. The number of nitrogens with zero attached hydrogens (tertiary/aromatic N) is 4. The van der Waals surface area contributed by atoms with E-state index in [2.05, 4.69) is 36.1 Å². The molecule has 0 bridgehead atoms. The number of H-pyrrole nitrogens is 1. The molecule has 2 aromatic heterocycles. The van der Waals surface area contributed by atoms with Crippen LogP contribution in [0.4, 0.5) is 0 Å². The Balaban J connectivity index is 1.31. The molecule has 33 heavy (non-hydrogen) atoms. The van der Waals surface area contributed by atoms with Crippen LogP contribution >= 0.6 is 0 Å². The Morgan fingerprint density at radius 1 is 1.15 bits per heavy atom. The standard InChI is InChI=1S/C24H28N6O3/c1-23(2,3)30-13-15-11-24(12-18(31)19(15)28-30)6-8-29(9-7-24)22(33)14-4-5-16-17(10-14)26-27-20(16)21(25)32/h4-5,10,13H,6-9,11-12H2,1-3H3,(H2,25,32)(H,26,27). The molecule has 2 aliphatic rings. The normalized spacial score (nSPS) is 18.0. The highest BCUT2D eigenvalue weighted by molar-refractivity contribution is 6.06. The molecule has 1 spiro atoms. The lowest BCUT2D eigenvalue weighted by atomic mass is 9.67. The largest absolute Gasteiger partial charge is 0.364 e. The number of hydrogen-bond acceptors (Lipinski definition) is 5. The van der Waals surface area contributed by atoms with Crippen molar-refractivity contribution in [2.75, 3.05) is 13.1 Å². The van der Waals surface area contributed by atoms with Gasteiger partial charge >= 0.3 is 0 Å². The lowest BCUT2D eigenvalue weighted by Gasteiger charge is -2.43. The molecule has 1 saturated heterocycles. The minimum atomic E-state index is -0.611. The van der Waals surface area contributed by atoms with Gasteiger partial charge in [0, 0.05) is 42.2 Å². The number of Topliss-reactive ketones (excluding diaryl/α,β-unsaturated/α-hetero) is 1. The Morgan fingerprint density at radius 2 is 1.88 bits per heavy atom. The Kier molecular flexibility index (Phi) is 4.70.